The van der Waals surface area contributed by atoms with Crippen LogP contribution in [0.25, 0.3) is 0 Å². The van der Waals surface area contributed by atoms with Crippen molar-refractivity contribution < 1.29 is 31.1 Å². The molecule has 0 atom stereocenters. The Morgan fingerprint density at radius 1 is 1.07 bits per heavy atom. The van der Waals surface area contributed by atoms with Crippen LogP contribution in [-0.4, -0.2) is 69.2 Å². The first-order chi connectivity index (χ1) is 19.0. The molecule has 2 aromatic carbocycles. The minimum atomic E-state index is -3.64. The van der Waals surface area contributed by atoms with Crippen molar-refractivity contribution in [2.45, 2.75) is 25.0 Å². The van der Waals surface area contributed by atoms with Crippen LogP contribution < -0.4 is 11.1 Å². The maximum atomic E-state index is 13.7. The fraction of sp³-hybridized carbons (Fsp3) is 0.407. The highest BCUT2D eigenvalue weighted by Crippen LogP contribution is 2.49. The van der Waals surface area contributed by atoms with E-state index in [1.54, 1.807) is 29.2 Å². The van der Waals surface area contributed by atoms with E-state index in [-0.39, 0.29) is 62.1 Å². The smallest absolute Gasteiger partial charge is 0.293 e. The van der Waals surface area contributed by atoms with Crippen LogP contribution in [0.1, 0.15) is 24.8 Å². The molecule has 40 heavy (non-hydrogen) atoms. The number of allylic oxidation sites excluding steroid dienone is 1. The summed E-state index contributed by atoms with van der Waals surface area (Å²) in [6, 6.07) is 9.13. The number of ether oxygens (including phenoxy) is 1. The Morgan fingerprint density at radius 3 is 2.25 bits per heavy atom. The van der Waals surface area contributed by atoms with Crippen molar-refractivity contribution in [3.05, 3.63) is 71.1 Å². The molecule has 0 bridgehead atoms. The number of anilines is 2. The monoisotopic (exact) mass is 579 g/mol. The normalized spacial score (nSPS) is 17.6. The van der Waals surface area contributed by atoms with Crippen LogP contribution in [-0.2, 0) is 25.3 Å². The second-order valence-electron chi connectivity index (χ2n) is 10.1. The minimum absolute atomic E-state index is 0.0322. The van der Waals surface area contributed by atoms with Crippen LogP contribution in [0, 0.1) is 22.5 Å². The summed E-state index contributed by atoms with van der Waals surface area (Å²) in [5, 5.41) is 10.4. The molecule has 1 amide bonds. The maximum Gasteiger partial charge on any atom is 0.293 e. The molecule has 1 aliphatic carbocycles. The van der Waals surface area contributed by atoms with Gasteiger partial charge in [-0.3, -0.25) is 9.18 Å². The van der Waals surface area contributed by atoms with E-state index in [1.807, 2.05) is 0 Å². The molecule has 2 fully saturated rings. The Morgan fingerprint density at radius 2 is 1.70 bits per heavy atom. The van der Waals surface area contributed by atoms with Crippen molar-refractivity contribution in [2.75, 3.05) is 50.5 Å². The summed E-state index contributed by atoms with van der Waals surface area (Å²) in [7, 11) is -3.64. The summed E-state index contributed by atoms with van der Waals surface area (Å²) in [4.78, 5) is 14.9. The number of benzene rings is 2. The number of hydrogen-bond donors (Lipinski definition) is 3. The van der Waals surface area contributed by atoms with E-state index in [1.165, 1.54) is 4.31 Å². The molecule has 4 rings (SSSR count). The number of carbonyl (C=O) groups is 1. The predicted molar refractivity (Wildman–Crippen MR) is 146 cm³/mol. The molecule has 0 spiro atoms. The molecule has 216 valence electrons. The molecule has 4 N–H and O–H groups in total. The summed E-state index contributed by atoms with van der Waals surface area (Å²) in [6.45, 7) is 0.0207. The van der Waals surface area contributed by atoms with Crippen LogP contribution in [0.4, 0.5) is 24.5 Å². The second-order valence-corrected chi connectivity index (χ2v) is 12.1. The van der Waals surface area contributed by atoms with Crippen molar-refractivity contribution in [3.63, 3.8) is 0 Å². The van der Waals surface area contributed by atoms with Gasteiger partial charge in [0.05, 0.1) is 19.0 Å². The lowest BCUT2D eigenvalue weighted by atomic mass is 10.1. The third-order valence-corrected chi connectivity index (χ3v) is 8.95. The van der Waals surface area contributed by atoms with E-state index in [2.05, 4.69) is 5.32 Å². The number of hydrogen-bond acceptors (Lipinski definition) is 7. The van der Waals surface area contributed by atoms with Gasteiger partial charge in [0.25, 0.3) is 5.91 Å². The SMILES string of the molecule is N=C/C(=C(/OCC1(CCF)CC1)C(=O)Nc1cc(F)cc(F)c1)N1CCN(S(=O)(=O)Cc2ccc(N)cc2)CC1. The average Bonchev–Trinajstić information content (AvgIpc) is 3.67. The zero-order valence-corrected chi connectivity index (χ0v) is 22.7. The Labute approximate surface area is 231 Å². The third-order valence-electron chi connectivity index (χ3n) is 7.10. The highest BCUT2D eigenvalue weighted by Gasteiger charge is 2.44. The van der Waals surface area contributed by atoms with Gasteiger partial charge in [0, 0.05) is 55.2 Å². The fourth-order valence-corrected chi connectivity index (χ4v) is 6.08. The number of piperazine rings is 1. The topological polar surface area (TPSA) is 129 Å². The van der Waals surface area contributed by atoms with E-state index in [9.17, 15) is 26.4 Å². The lowest BCUT2D eigenvalue weighted by Gasteiger charge is -2.36. The molecular weight excluding hydrogens is 547 g/mol. The predicted octanol–water partition coefficient (Wildman–Crippen LogP) is 3.65. The largest absolute Gasteiger partial charge is 0.486 e. The Kier molecular flexibility index (Phi) is 9.04. The van der Waals surface area contributed by atoms with E-state index < -0.39 is 39.7 Å². The van der Waals surface area contributed by atoms with Crippen molar-refractivity contribution in [1.29, 1.82) is 5.41 Å². The molecule has 1 heterocycles. The number of halogens is 3. The highest BCUT2D eigenvalue weighted by molar-refractivity contribution is 7.88. The molecule has 0 unspecified atom stereocenters. The maximum absolute atomic E-state index is 13.7. The van der Waals surface area contributed by atoms with E-state index in [0.717, 1.165) is 31.2 Å². The summed E-state index contributed by atoms with van der Waals surface area (Å²) < 4.78 is 73.7. The number of carbonyl (C=O) groups excluding carboxylic acids is 1. The summed E-state index contributed by atoms with van der Waals surface area (Å²) in [6.07, 6.45) is 2.65. The van der Waals surface area contributed by atoms with Crippen molar-refractivity contribution in [1.82, 2.24) is 9.21 Å². The number of amides is 1. The molecule has 9 nitrogen and oxygen atoms in total. The van der Waals surface area contributed by atoms with Gasteiger partial charge < -0.3 is 26.1 Å². The molecular formula is C27H32F3N5O4S. The van der Waals surface area contributed by atoms with Crippen LogP contribution in [0.15, 0.2) is 53.9 Å². The molecule has 1 saturated heterocycles. The number of rotatable bonds is 12. The first-order valence-electron chi connectivity index (χ1n) is 12.8. The van der Waals surface area contributed by atoms with Gasteiger partial charge >= 0.3 is 0 Å². The summed E-state index contributed by atoms with van der Waals surface area (Å²) >= 11 is 0. The lowest BCUT2D eigenvalue weighted by molar-refractivity contribution is -0.116. The fourth-order valence-electron chi connectivity index (χ4n) is 4.56. The van der Waals surface area contributed by atoms with Gasteiger partial charge in [-0.25, -0.2) is 17.2 Å². The Balaban J connectivity index is 1.52. The molecule has 1 aliphatic heterocycles. The van der Waals surface area contributed by atoms with Gasteiger partial charge in [-0.2, -0.15) is 4.31 Å². The number of nitrogens with two attached hydrogens (primary N) is 1. The van der Waals surface area contributed by atoms with Gasteiger partial charge in [-0.15, -0.1) is 0 Å². The number of nitrogens with one attached hydrogen (secondary N) is 2. The first kappa shape index (κ1) is 29.4. The van der Waals surface area contributed by atoms with Crippen LogP contribution >= 0.6 is 0 Å². The quantitative estimate of drug-likeness (QED) is 0.152. The lowest BCUT2D eigenvalue weighted by Crippen LogP contribution is -2.49. The number of nitrogens with zero attached hydrogens (tertiary/aromatic N) is 2. The van der Waals surface area contributed by atoms with Crippen molar-refractivity contribution in [3.8, 4) is 0 Å². The Bertz CT molecular complexity index is 1350. The zero-order chi connectivity index (χ0) is 28.9. The van der Waals surface area contributed by atoms with Gasteiger partial charge in [-0.05, 0) is 49.1 Å². The van der Waals surface area contributed by atoms with Gasteiger partial charge in [0.2, 0.25) is 15.8 Å². The van der Waals surface area contributed by atoms with Crippen molar-refractivity contribution in [2.24, 2.45) is 5.41 Å². The average molecular weight is 580 g/mol. The first-order valence-corrected chi connectivity index (χ1v) is 14.4. The van der Waals surface area contributed by atoms with E-state index >= 15 is 0 Å². The van der Waals surface area contributed by atoms with E-state index in [0.29, 0.717) is 17.3 Å². The van der Waals surface area contributed by atoms with Crippen LogP contribution in [0.2, 0.25) is 0 Å². The molecule has 2 aromatic rings. The van der Waals surface area contributed by atoms with Crippen LogP contribution in [0.3, 0.4) is 0 Å². The molecule has 1 saturated carbocycles. The molecule has 2 aliphatic rings. The Hall–Kier alpha value is -3.58. The van der Waals surface area contributed by atoms with E-state index in [4.69, 9.17) is 15.9 Å². The standard InChI is InChI=1S/C27H32F3N5O4S/c28-8-7-27(5-6-27)18-39-25(26(36)33-23-14-20(29)13-21(30)15-23)24(16-31)34-9-11-35(12-10-34)40(37,38)17-19-1-3-22(32)4-2-19/h1-4,13-16,31H,5-12,17-18,32H2,(H,33,36)/b25-24-,31-16?. The number of nitrogen functional groups attached to an aromatic ring is 1. The van der Waals surface area contributed by atoms with Gasteiger partial charge in [-0.1, -0.05) is 12.1 Å². The number of alkyl halides is 1. The second kappa shape index (κ2) is 12.3. The minimum Gasteiger partial charge on any atom is -0.486 e. The van der Waals surface area contributed by atoms with Gasteiger partial charge in [0.15, 0.2) is 0 Å². The van der Waals surface area contributed by atoms with Crippen molar-refractivity contribution >= 4 is 33.5 Å². The van der Waals surface area contributed by atoms with Gasteiger partial charge in [0.1, 0.15) is 17.3 Å². The highest BCUT2D eigenvalue weighted by atomic mass is 32.2. The zero-order valence-electron chi connectivity index (χ0n) is 21.8. The van der Waals surface area contributed by atoms with Crippen LogP contribution in [0.5, 0.6) is 0 Å². The number of sulfonamides is 1. The summed E-state index contributed by atoms with van der Waals surface area (Å²) in [5.41, 5.74) is 6.34. The molecule has 0 aromatic heterocycles. The molecule has 0 radical (unpaired) electrons. The third kappa shape index (κ3) is 7.33. The summed E-state index contributed by atoms with van der Waals surface area (Å²) in [5.74, 6) is -3.06. The molecule has 13 heteroatoms.